The number of hydrogen-bond donors (Lipinski definition) is 1. The minimum Gasteiger partial charge on any atom is -0.459 e. The van der Waals surface area contributed by atoms with Crippen LogP contribution < -0.4 is 5.32 Å². The third-order valence-corrected chi connectivity index (χ3v) is 3.66. The van der Waals surface area contributed by atoms with Crippen molar-refractivity contribution in [2.24, 2.45) is 0 Å². The zero-order chi connectivity index (χ0) is 17.1. The minimum atomic E-state index is -0.256. The molecule has 1 N–H and O–H groups in total. The predicted molar refractivity (Wildman–Crippen MR) is 85.6 cm³/mol. The first-order chi connectivity index (χ1) is 11.5. The van der Waals surface area contributed by atoms with E-state index in [4.69, 9.17) is 8.83 Å². The summed E-state index contributed by atoms with van der Waals surface area (Å²) < 4.78 is 24.0. The number of halogens is 1. The van der Waals surface area contributed by atoms with Gasteiger partial charge in [-0.3, -0.25) is 4.79 Å². The predicted octanol–water partition coefficient (Wildman–Crippen LogP) is 3.55. The highest BCUT2D eigenvalue weighted by molar-refractivity contribution is 5.78. The third kappa shape index (κ3) is 3.53. The molecular formula is C18H17FN2O3. The van der Waals surface area contributed by atoms with Gasteiger partial charge in [0.15, 0.2) is 5.76 Å². The molecule has 0 aliphatic heterocycles. The van der Waals surface area contributed by atoms with Gasteiger partial charge in [0, 0.05) is 6.54 Å². The smallest absolute Gasteiger partial charge is 0.263 e. The van der Waals surface area contributed by atoms with Gasteiger partial charge in [-0.2, -0.15) is 0 Å². The summed E-state index contributed by atoms with van der Waals surface area (Å²) in [6, 6.07) is 8.25. The first kappa shape index (κ1) is 16.0. The molecule has 0 aliphatic carbocycles. The molecule has 2 aromatic heterocycles. The largest absolute Gasteiger partial charge is 0.459 e. The van der Waals surface area contributed by atoms with Crippen molar-refractivity contribution >= 4 is 5.91 Å². The van der Waals surface area contributed by atoms with Crippen LogP contribution in [0.2, 0.25) is 0 Å². The van der Waals surface area contributed by atoms with Gasteiger partial charge in [0.2, 0.25) is 5.91 Å². The topological polar surface area (TPSA) is 68.3 Å². The SMILES string of the molecule is Cc1cc(CNC(=O)Cc2nc(-c3ccco3)oc2C)ccc1F. The van der Waals surface area contributed by atoms with Crippen LogP contribution in [0.3, 0.4) is 0 Å². The number of aromatic nitrogens is 1. The van der Waals surface area contributed by atoms with Crippen LogP contribution in [0.1, 0.15) is 22.6 Å². The van der Waals surface area contributed by atoms with Gasteiger partial charge < -0.3 is 14.2 Å². The Labute approximate surface area is 138 Å². The van der Waals surface area contributed by atoms with Crippen molar-refractivity contribution in [1.29, 1.82) is 0 Å². The fourth-order valence-corrected chi connectivity index (χ4v) is 2.33. The van der Waals surface area contributed by atoms with Crippen molar-refractivity contribution in [1.82, 2.24) is 10.3 Å². The third-order valence-electron chi connectivity index (χ3n) is 3.66. The van der Waals surface area contributed by atoms with Gasteiger partial charge in [-0.05, 0) is 43.2 Å². The molecule has 1 aromatic carbocycles. The number of nitrogens with zero attached hydrogens (tertiary/aromatic N) is 1. The fraction of sp³-hybridized carbons (Fsp3) is 0.222. The summed E-state index contributed by atoms with van der Waals surface area (Å²) in [5.74, 6) is 1.02. The number of benzene rings is 1. The van der Waals surface area contributed by atoms with Crippen LogP contribution in [-0.2, 0) is 17.8 Å². The molecule has 3 aromatic rings. The van der Waals surface area contributed by atoms with E-state index in [9.17, 15) is 9.18 Å². The number of aryl methyl sites for hydroxylation is 2. The number of nitrogens with one attached hydrogen (secondary N) is 1. The lowest BCUT2D eigenvalue weighted by Crippen LogP contribution is -2.25. The Morgan fingerprint density at radius 1 is 1.29 bits per heavy atom. The summed E-state index contributed by atoms with van der Waals surface area (Å²) >= 11 is 0. The van der Waals surface area contributed by atoms with E-state index < -0.39 is 0 Å². The van der Waals surface area contributed by atoms with Crippen molar-refractivity contribution in [3.05, 3.63) is 65.0 Å². The average molecular weight is 328 g/mol. The number of furan rings is 1. The van der Waals surface area contributed by atoms with Crippen molar-refractivity contribution in [3.8, 4) is 11.7 Å². The molecule has 0 aliphatic rings. The molecule has 0 radical (unpaired) electrons. The maximum atomic E-state index is 13.2. The normalized spacial score (nSPS) is 10.8. The molecular weight excluding hydrogens is 311 g/mol. The zero-order valence-electron chi connectivity index (χ0n) is 13.4. The molecule has 0 saturated heterocycles. The maximum Gasteiger partial charge on any atom is 0.263 e. The minimum absolute atomic E-state index is 0.107. The first-order valence-electron chi connectivity index (χ1n) is 7.55. The van der Waals surface area contributed by atoms with E-state index in [0.29, 0.717) is 35.2 Å². The Morgan fingerprint density at radius 3 is 2.83 bits per heavy atom. The molecule has 0 fully saturated rings. The zero-order valence-corrected chi connectivity index (χ0v) is 13.4. The highest BCUT2D eigenvalue weighted by Gasteiger charge is 2.16. The highest BCUT2D eigenvalue weighted by atomic mass is 19.1. The van der Waals surface area contributed by atoms with Gasteiger partial charge in [-0.1, -0.05) is 12.1 Å². The molecule has 0 unspecified atom stereocenters. The van der Waals surface area contributed by atoms with Gasteiger partial charge >= 0.3 is 0 Å². The quantitative estimate of drug-likeness (QED) is 0.778. The Balaban J connectivity index is 1.61. The van der Waals surface area contributed by atoms with E-state index in [1.165, 1.54) is 12.3 Å². The van der Waals surface area contributed by atoms with E-state index in [1.54, 1.807) is 38.1 Å². The van der Waals surface area contributed by atoms with Crippen LogP contribution in [-0.4, -0.2) is 10.9 Å². The summed E-state index contributed by atoms with van der Waals surface area (Å²) in [4.78, 5) is 16.4. The number of hydrogen-bond acceptors (Lipinski definition) is 4. The van der Waals surface area contributed by atoms with Gasteiger partial charge in [-0.15, -0.1) is 0 Å². The van der Waals surface area contributed by atoms with Gasteiger partial charge in [-0.25, -0.2) is 9.37 Å². The fourth-order valence-electron chi connectivity index (χ4n) is 2.33. The van der Waals surface area contributed by atoms with Gasteiger partial charge in [0.25, 0.3) is 5.89 Å². The van der Waals surface area contributed by atoms with Crippen LogP contribution >= 0.6 is 0 Å². The van der Waals surface area contributed by atoms with Crippen LogP contribution in [0, 0.1) is 19.7 Å². The Kier molecular flexibility index (Phi) is 4.46. The molecule has 0 bridgehead atoms. The molecule has 1 amide bonds. The lowest BCUT2D eigenvalue weighted by molar-refractivity contribution is -0.120. The molecule has 0 atom stereocenters. The summed E-state index contributed by atoms with van der Waals surface area (Å²) in [5, 5.41) is 2.80. The second kappa shape index (κ2) is 6.70. The molecule has 0 spiro atoms. The van der Waals surface area contributed by atoms with E-state index in [1.807, 2.05) is 0 Å². The summed E-state index contributed by atoms with van der Waals surface area (Å²) in [7, 11) is 0. The monoisotopic (exact) mass is 328 g/mol. The number of rotatable bonds is 5. The number of amides is 1. The molecule has 3 rings (SSSR count). The van der Waals surface area contributed by atoms with Crippen LogP contribution in [0.4, 0.5) is 4.39 Å². The van der Waals surface area contributed by atoms with Gasteiger partial charge in [0.1, 0.15) is 11.6 Å². The van der Waals surface area contributed by atoms with Crippen molar-refractivity contribution < 1.29 is 18.0 Å². The van der Waals surface area contributed by atoms with E-state index >= 15 is 0 Å². The van der Waals surface area contributed by atoms with Crippen molar-refractivity contribution in [2.45, 2.75) is 26.8 Å². The van der Waals surface area contributed by atoms with Crippen molar-refractivity contribution in [2.75, 3.05) is 0 Å². The van der Waals surface area contributed by atoms with E-state index in [-0.39, 0.29) is 18.1 Å². The van der Waals surface area contributed by atoms with Crippen molar-refractivity contribution in [3.63, 3.8) is 0 Å². The van der Waals surface area contributed by atoms with E-state index in [0.717, 1.165) is 5.56 Å². The Hall–Kier alpha value is -2.89. The summed E-state index contributed by atoms with van der Waals surface area (Å²) in [5.41, 5.74) is 1.96. The maximum absolute atomic E-state index is 13.2. The Bertz CT molecular complexity index is 853. The second-order valence-corrected chi connectivity index (χ2v) is 5.54. The molecule has 124 valence electrons. The molecule has 24 heavy (non-hydrogen) atoms. The first-order valence-corrected chi connectivity index (χ1v) is 7.55. The molecule has 6 heteroatoms. The molecule has 2 heterocycles. The van der Waals surface area contributed by atoms with Crippen LogP contribution in [0.25, 0.3) is 11.7 Å². The second-order valence-electron chi connectivity index (χ2n) is 5.54. The summed E-state index contributed by atoms with van der Waals surface area (Å²) in [6.45, 7) is 3.78. The lowest BCUT2D eigenvalue weighted by Gasteiger charge is -2.06. The van der Waals surface area contributed by atoms with E-state index in [2.05, 4.69) is 10.3 Å². The van der Waals surface area contributed by atoms with Crippen LogP contribution in [0.5, 0.6) is 0 Å². The standard InChI is InChI=1S/C18H17FN2O3/c1-11-8-13(5-6-14(11)19)10-20-17(22)9-15-12(2)24-18(21-15)16-4-3-7-23-16/h3-8H,9-10H2,1-2H3,(H,20,22). The highest BCUT2D eigenvalue weighted by Crippen LogP contribution is 2.22. The molecule has 5 nitrogen and oxygen atoms in total. The number of carbonyl (C=O) groups excluding carboxylic acids is 1. The Morgan fingerprint density at radius 2 is 2.12 bits per heavy atom. The van der Waals surface area contributed by atoms with Crippen LogP contribution in [0.15, 0.2) is 45.4 Å². The molecule has 0 saturated carbocycles. The summed E-state index contributed by atoms with van der Waals surface area (Å²) in [6.07, 6.45) is 1.64. The van der Waals surface area contributed by atoms with Gasteiger partial charge in [0.05, 0.1) is 18.4 Å². The average Bonchev–Trinajstić information content (AvgIpc) is 3.19. The number of oxazole rings is 1. The number of carbonyl (C=O) groups is 1. The lowest BCUT2D eigenvalue weighted by atomic mass is 10.1.